The van der Waals surface area contributed by atoms with Crippen LogP contribution in [0.1, 0.15) is 37.8 Å². The van der Waals surface area contributed by atoms with Crippen LogP contribution in [0.3, 0.4) is 0 Å². The van der Waals surface area contributed by atoms with E-state index in [0.29, 0.717) is 5.92 Å². The minimum Gasteiger partial charge on any atom is -0.496 e. The Hall–Kier alpha value is -1.69. The molecule has 0 radical (unpaired) electrons. The Labute approximate surface area is 110 Å². The average molecular weight is 246 g/mol. The number of anilines is 1. The fourth-order valence-electron chi connectivity index (χ4n) is 1.99. The van der Waals surface area contributed by atoms with E-state index >= 15 is 0 Å². The lowest BCUT2D eigenvalue weighted by Crippen LogP contribution is -2.28. The van der Waals surface area contributed by atoms with Gasteiger partial charge >= 0.3 is 0 Å². The Bertz CT molecular complexity index is 460. The summed E-state index contributed by atoms with van der Waals surface area (Å²) in [7, 11) is 3.65. The van der Waals surface area contributed by atoms with E-state index in [4.69, 9.17) is 10.00 Å². The zero-order valence-corrected chi connectivity index (χ0v) is 12.1. The van der Waals surface area contributed by atoms with Crippen molar-refractivity contribution in [1.29, 1.82) is 5.26 Å². The van der Waals surface area contributed by atoms with Crippen molar-refractivity contribution in [3.63, 3.8) is 0 Å². The maximum absolute atomic E-state index is 9.02. The van der Waals surface area contributed by atoms with Crippen LogP contribution in [-0.4, -0.2) is 20.2 Å². The van der Waals surface area contributed by atoms with E-state index in [-0.39, 0.29) is 6.04 Å². The predicted molar refractivity (Wildman–Crippen MR) is 75.3 cm³/mol. The molecule has 0 N–H and O–H groups in total. The number of hydrogen-bond donors (Lipinski definition) is 0. The zero-order chi connectivity index (χ0) is 13.9. The van der Waals surface area contributed by atoms with Crippen molar-refractivity contribution < 1.29 is 4.74 Å². The van der Waals surface area contributed by atoms with Crippen LogP contribution in [0.4, 0.5) is 5.69 Å². The van der Waals surface area contributed by atoms with E-state index in [9.17, 15) is 0 Å². The van der Waals surface area contributed by atoms with Gasteiger partial charge in [-0.2, -0.15) is 5.26 Å². The summed E-state index contributed by atoms with van der Waals surface area (Å²) >= 11 is 0. The highest BCUT2D eigenvalue weighted by molar-refractivity contribution is 5.60. The van der Waals surface area contributed by atoms with Crippen molar-refractivity contribution in [3.8, 4) is 11.8 Å². The molecule has 3 nitrogen and oxygen atoms in total. The first-order valence-corrected chi connectivity index (χ1v) is 6.23. The molecule has 0 saturated carbocycles. The SMILES string of the molecule is COc1cc(C)c(N(C)C(C)C#N)cc1C(C)C. The molecular formula is C15H22N2O. The number of aryl methyl sites for hydroxylation is 1. The highest BCUT2D eigenvalue weighted by Crippen LogP contribution is 2.33. The number of benzene rings is 1. The number of rotatable bonds is 4. The average Bonchev–Trinajstić information content (AvgIpc) is 2.36. The molecule has 1 atom stereocenters. The molecule has 18 heavy (non-hydrogen) atoms. The van der Waals surface area contributed by atoms with Crippen LogP contribution >= 0.6 is 0 Å². The molecule has 0 heterocycles. The molecule has 98 valence electrons. The highest BCUT2D eigenvalue weighted by atomic mass is 16.5. The molecule has 0 aliphatic heterocycles. The summed E-state index contributed by atoms with van der Waals surface area (Å²) in [5.41, 5.74) is 3.39. The second-order valence-electron chi connectivity index (χ2n) is 4.95. The number of methoxy groups -OCH3 is 1. The van der Waals surface area contributed by atoms with Gasteiger partial charge in [-0.05, 0) is 43.0 Å². The lowest BCUT2D eigenvalue weighted by Gasteiger charge is -2.26. The van der Waals surface area contributed by atoms with Gasteiger partial charge in [0, 0.05) is 12.7 Å². The minimum absolute atomic E-state index is 0.142. The third-order valence-corrected chi connectivity index (χ3v) is 3.32. The van der Waals surface area contributed by atoms with Crippen LogP contribution in [-0.2, 0) is 0 Å². The van der Waals surface area contributed by atoms with Crippen LogP contribution < -0.4 is 9.64 Å². The normalized spacial score (nSPS) is 12.1. The molecular weight excluding hydrogens is 224 g/mol. The van der Waals surface area contributed by atoms with E-state index in [1.807, 2.05) is 31.9 Å². The summed E-state index contributed by atoms with van der Waals surface area (Å²) in [6.07, 6.45) is 0. The number of nitriles is 1. The molecule has 0 spiro atoms. The largest absolute Gasteiger partial charge is 0.496 e. The van der Waals surface area contributed by atoms with Crippen molar-refractivity contribution in [3.05, 3.63) is 23.3 Å². The van der Waals surface area contributed by atoms with Crippen molar-refractivity contribution in [1.82, 2.24) is 0 Å². The Morgan fingerprint density at radius 1 is 1.28 bits per heavy atom. The van der Waals surface area contributed by atoms with Crippen molar-refractivity contribution in [2.45, 2.75) is 39.7 Å². The number of hydrogen-bond acceptors (Lipinski definition) is 3. The molecule has 0 saturated heterocycles. The molecule has 0 aliphatic carbocycles. The van der Waals surface area contributed by atoms with Crippen molar-refractivity contribution in [2.75, 3.05) is 19.1 Å². The monoisotopic (exact) mass is 246 g/mol. The smallest absolute Gasteiger partial charge is 0.122 e. The van der Waals surface area contributed by atoms with Gasteiger partial charge in [0.2, 0.25) is 0 Å². The van der Waals surface area contributed by atoms with Gasteiger partial charge in [-0.3, -0.25) is 0 Å². The zero-order valence-electron chi connectivity index (χ0n) is 12.1. The lowest BCUT2D eigenvalue weighted by molar-refractivity contribution is 0.407. The second-order valence-corrected chi connectivity index (χ2v) is 4.95. The fraction of sp³-hybridized carbons (Fsp3) is 0.533. The first-order chi connectivity index (χ1) is 8.42. The Balaban J connectivity index is 3.30. The van der Waals surface area contributed by atoms with Gasteiger partial charge in [-0.15, -0.1) is 0 Å². The van der Waals surface area contributed by atoms with E-state index in [2.05, 4.69) is 26.0 Å². The van der Waals surface area contributed by atoms with Gasteiger partial charge in [0.15, 0.2) is 0 Å². The summed E-state index contributed by atoms with van der Waals surface area (Å²) < 4.78 is 5.43. The lowest BCUT2D eigenvalue weighted by atomic mass is 9.98. The van der Waals surface area contributed by atoms with Gasteiger partial charge in [0.05, 0.1) is 13.2 Å². The van der Waals surface area contributed by atoms with Gasteiger partial charge in [-0.1, -0.05) is 13.8 Å². The van der Waals surface area contributed by atoms with Crippen LogP contribution in [0.2, 0.25) is 0 Å². The quantitative estimate of drug-likeness (QED) is 0.816. The van der Waals surface area contributed by atoms with E-state index in [1.165, 1.54) is 5.56 Å². The molecule has 0 aromatic heterocycles. The third-order valence-electron chi connectivity index (χ3n) is 3.32. The first-order valence-electron chi connectivity index (χ1n) is 6.23. The van der Waals surface area contributed by atoms with E-state index in [0.717, 1.165) is 17.0 Å². The maximum atomic E-state index is 9.02. The van der Waals surface area contributed by atoms with Crippen LogP contribution in [0.5, 0.6) is 5.75 Å². The van der Waals surface area contributed by atoms with Crippen LogP contribution in [0.25, 0.3) is 0 Å². The van der Waals surface area contributed by atoms with E-state index in [1.54, 1.807) is 7.11 Å². The first kappa shape index (κ1) is 14.4. The summed E-state index contributed by atoms with van der Waals surface area (Å²) in [6, 6.07) is 6.30. The van der Waals surface area contributed by atoms with Crippen molar-refractivity contribution >= 4 is 5.69 Å². The Morgan fingerprint density at radius 3 is 2.33 bits per heavy atom. The Morgan fingerprint density at radius 2 is 1.89 bits per heavy atom. The molecule has 1 aromatic rings. The molecule has 1 rings (SSSR count). The van der Waals surface area contributed by atoms with E-state index < -0.39 is 0 Å². The van der Waals surface area contributed by atoms with Crippen molar-refractivity contribution in [2.24, 2.45) is 0 Å². The van der Waals surface area contributed by atoms with Crippen LogP contribution in [0.15, 0.2) is 12.1 Å². The molecule has 0 aliphatic rings. The molecule has 0 fully saturated rings. The molecule has 0 bridgehead atoms. The van der Waals surface area contributed by atoms with Gasteiger partial charge in [-0.25, -0.2) is 0 Å². The van der Waals surface area contributed by atoms with Crippen LogP contribution in [0, 0.1) is 18.3 Å². The summed E-state index contributed by atoms with van der Waals surface area (Å²) in [5.74, 6) is 1.31. The topological polar surface area (TPSA) is 36.3 Å². The standard InChI is InChI=1S/C15H22N2O/c1-10(2)13-8-14(17(5)12(4)9-16)11(3)7-15(13)18-6/h7-8,10,12H,1-6H3. The van der Waals surface area contributed by atoms with Gasteiger partial charge in [0.1, 0.15) is 11.8 Å². The summed E-state index contributed by atoms with van der Waals surface area (Å²) in [4.78, 5) is 2.00. The summed E-state index contributed by atoms with van der Waals surface area (Å²) in [5, 5.41) is 9.02. The molecule has 0 amide bonds. The molecule has 3 heteroatoms. The second kappa shape index (κ2) is 5.77. The third kappa shape index (κ3) is 2.76. The Kier molecular flexibility index (Phi) is 4.61. The number of nitrogens with zero attached hydrogens (tertiary/aromatic N) is 2. The summed E-state index contributed by atoms with van der Waals surface area (Å²) in [6.45, 7) is 8.23. The minimum atomic E-state index is -0.142. The fourth-order valence-corrected chi connectivity index (χ4v) is 1.99. The van der Waals surface area contributed by atoms with Gasteiger partial charge < -0.3 is 9.64 Å². The maximum Gasteiger partial charge on any atom is 0.122 e. The molecule has 1 unspecified atom stereocenters. The predicted octanol–water partition coefficient (Wildman–Crippen LogP) is 3.48. The number of ether oxygens (including phenoxy) is 1. The van der Waals surface area contributed by atoms with Gasteiger partial charge in [0.25, 0.3) is 0 Å². The molecule has 1 aromatic carbocycles. The highest BCUT2D eigenvalue weighted by Gasteiger charge is 2.16.